The summed E-state index contributed by atoms with van der Waals surface area (Å²) >= 11 is 1.33. The Morgan fingerprint density at radius 1 is 0.804 bits per heavy atom. The van der Waals surface area contributed by atoms with Gasteiger partial charge in [0.05, 0.1) is 6.61 Å². The zero-order chi connectivity index (χ0) is 39.3. The van der Waals surface area contributed by atoms with E-state index in [0.717, 1.165) is 68.8 Å². The molecule has 0 amide bonds. The SMILES string of the molecule is CCCCOc1ccc(Sc2ccc(-c3ccccc3C(O)C#CCOCCCCCCCCCOC3CCCCO3)cc2S(=O)(=O)Oc2ccccc2)cc1. The number of benzene rings is 4. The van der Waals surface area contributed by atoms with Crippen LogP contribution in [0.15, 0.2) is 112 Å². The molecule has 0 radical (unpaired) electrons. The lowest BCUT2D eigenvalue weighted by atomic mass is 9.96. The van der Waals surface area contributed by atoms with Gasteiger partial charge < -0.3 is 28.2 Å². The van der Waals surface area contributed by atoms with Crippen LogP contribution in [0.1, 0.15) is 95.6 Å². The van der Waals surface area contributed by atoms with E-state index in [2.05, 4.69) is 18.8 Å². The van der Waals surface area contributed by atoms with Gasteiger partial charge in [-0.05, 0) is 98.2 Å². The Bertz CT molecular complexity index is 1900. The Hall–Kier alpha value is -3.82. The number of aliphatic hydroxyl groups excluding tert-OH is 1. The van der Waals surface area contributed by atoms with Crippen molar-refractivity contribution in [2.75, 3.05) is 33.0 Å². The third-order valence-electron chi connectivity index (χ3n) is 9.33. The number of para-hydroxylation sites is 1. The number of ether oxygens (including phenoxy) is 4. The van der Waals surface area contributed by atoms with Gasteiger partial charge in [-0.1, -0.05) is 118 Å². The molecule has 8 nitrogen and oxygen atoms in total. The van der Waals surface area contributed by atoms with Crippen molar-refractivity contribution in [3.8, 4) is 34.5 Å². The minimum Gasteiger partial charge on any atom is -0.494 e. The standard InChI is InChI=1S/C46H56O8S2/c1-2-3-33-51-38-26-28-40(29-27-38)55-44-30-25-37(36-45(44)56(48,49)54-39-19-10-9-11-20-39)41-21-12-13-22-42(41)43(47)23-18-32-50-31-15-7-5-4-6-8-16-34-52-46-24-14-17-35-53-46/h9-13,19-22,25-30,36,43,46-47H,2-8,14-17,24,31-35H2,1H3. The normalized spacial score (nSPS) is 14.8. The molecular weight excluding hydrogens is 745 g/mol. The zero-order valence-electron chi connectivity index (χ0n) is 32.5. The van der Waals surface area contributed by atoms with Gasteiger partial charge >= 0.3 is 10.1 Å². The highest BCUT2D eigenvalue weighted by Gasteiger charge is 2.24. The molecule has 4 aromatic rings. The fraction of sp³-hybridized carbons (Fsp3) is 0.435. The molecule has 1 saturated heterocycles. The molecule has 0 aromatic heterocycles. The van der Waals surface area contributed by atoms with Crippen molar-refractivity contribution in [1.29, 1.82) is 0 Å². The average Bonchev–Trinajstić information content (AvgIpc) is 3.22. The van der Waals surface area contributed by atoms with E-state index in [9.17, 15) is 13.5 Å². The van der Waals surface area contributed by atoms with Gasteiger partial charge in [0.25, 0.3) is 0 Å². The molecule has 2 atom stereocenters. The van der Waals surface area contributed by atoms with Crippen LogP contribution in [0.25, 0.3) is 11.1 Å². The van der Waals surface area contributed by atoms with Crippen LogP contribution in [0.2, 0.25) is 0 Å². The van der Waals surface area contributed by atoms with Crippen LogP contribution in [0.3, 0.4) is 0 Å². The summed E-state index contributed by atoms with van der Waals surface area (Å²) in [5.41, 5.74) is 1.85. The van der Waals surface area contributed by atoms with E-state index in [1.54, 1.807) is 48.5 Å². The summed E-state index contributed by atoms with van der Waals surface area (Å²) in [4.78, 5) is 1.37. The maximum atomic E-state index is 13.9. The van der Waals surface area contributed by atoms with Gasteiger partial charge in [-0.2, -0.15) is 8.42 Å². The lowest BCUT2D eigenvalue weighted by Gasteiger charge is -2.22. The van der Waals surface area contributed by atoms with Gasteiger partial charge in [0.2, 0.25) is 0 Å². The van der Waals surface area contributed by atoms with Crippen molar-refractivity contribution in [1.82, 2.24) is 0 Å². The summed E-state index contributed by atoms with van der Waals surface area (Å²) in [6.07, 6.45) is 12.3. The molecule has 4 aromatic carbocycles. The summed E-state index contributed by atoms with van der Waals surface area (Å²) < 4.78 is 56.3. The Labute approximate surface area is 338 Å². The van der Waals surface area contributed by atoms with E-state index in [-0.39, 0.29) is 23.5 Å². The van der Waals surface area contributed by atoms with Crippen LogP contribution in [-0.2, 0) is 24.3 Å². The molecule has 1 aliphatic heterocycles. The van der Waals surface area contributed by atoms with E-state index in [4.69, 9.17) is 23.1 Å². The smallest absolute Gasteiger partial charge is 0.340 e. The lowest BCUT2D eigenvalue weighted by Crippen LogP contribution is -2.22. The Balaban J connectivity index is 1.15. The maximum Gasteiger partial charge on any atom is 0.340 e. The largest absolute Gasteiger partial charge is 0.494 e. The number of aliphatic hydroxyl groups is 1. The molecule has 0 saturated carbocycles. The third kappa shape index (κ3) is 14.6. The molecule has 0 spiro atoms. The van der Waals surface area contributed by atoms with Crippen LogP contribution in [-0.4, -0.2) is 52.8 Å². The van der Waals surface area contributed by atoms with Gasteiger partial charge in [-0.25, -0.2) is 0 Å². The van der Waals surface area contributed by atoms with Gasteiger partial charge in [0, 0.05) is 35.2 Å². The molecule has 1 aliphatic rings. The predicted octanol–water partition coefficient (Wildman–Crippen LogP) is 10.8. The Morgan fingerprint density at radius 2 is 1.54 bits per heavy atom. The first-order valence-corrected chi connectivity index (χ1v) is 22.3. The third-order valence-corrected chi connectivity index (χ3v) is 11.8. The summed E-state index contributed by atoms with van der Waals surface area (Å²) in [5, 5.41) is 11.2. The van der Waals surface area contributed by atoms with Crippen molar-refractivity contribution in [2.24, 2.45) is 0 Å². The molecule has 10 heteroatoms. The second kappa shape index (κ2) is 24.1. The molecule has 56 heavy (non-hydrogen) atoms. The van der Waals surface area contributed by atoms with E-state index in [1.807, 2.05) is 48.5 Å². The first kappa shape index (κ1) is 43.3. The number of unbranched alkanes of at least 4 members (excludes halogenated alkanes) is 7. The summed E-state index contributed by atoms with van der Waals surface area (Å²) in [6.45, 7) is 5.22. The first-order valence-electron chi connectivity index (χ1n) is 20.0. The fourth-order valence-electron chi connectivity index (χ4n) is 6.25. The Morgan fingerprint density at radius 3 is 2.29 bits per heavy atom. The minimum atomic E-state index is -4.25. The molecule has 1 fully saturated rings. The van der Waals surface area contributed by atoms with E-state index >= 15 is 0 Å². The summed E-state index contributed by atoms with van der Waals surface area (Å²) in [7, 11) is -4.25. The topological polar surface area (TPSA) is 101 Å². The highest BCUT2D eigenvalue weighted by atomic mass is 32.2. The second-order valence-corrected chi connectivity index (χ2v) is 16.4. The lowest BCUT2D eigenvalue weighted by molar-refractivity contribution is -0.162. The van der Waals surface area contributed by atoms with Crippen molar-refractivity contribution in [2.45, 2.75) is 111 Å². The molecule has 5 rings (SSSR count). The van der Waals surface area contributed by atoms with Gasteiger partial charge in [0.15, 0.2) is 6.29 Å². The number of hydrogen-bond acceptors (Lipinski definition) is 9. The molecule has 300 valence electrons. The van der Waals surface area contributed by atoms with Crippen molar-refractivity contribution >= 4 is 21.9 Å². The van der Waals surface area contributed by atoms with Gasteiger partial charge in [-0.3, -0.25) is 0 Å². The molecule has 1 heterocycles. The highest BCUT2D eigenvalue weighted by molar-refractivity contribution is 8.00. The second-order valence-electron chi connectivity index (χ2n) is 13.8. The maximum absolute atomic E-state index is 13.9. The monoisotopic (exact) mass is 800 g/mol. The van der Waals surface area contributed by atoms with Gasteiger partial charge in [-0.15, -0.1) is 0 Å². The number of rotatable bonds is 23. The average molecular weight is 801 g/mol. The first-order chi connectivity index (χ1) is 27.4. The van der Waals surface area contributed by atoms with Gasteiger partial charge in [0.1, 0.15) is 29.1 Å². The van der Waals surface area contributed by atoms with Crippen molar-refractivity contribution in [3.05, 3.63) is 103 Å². The number of hydrogen-bond donors (Lipinski definition) is 1. The quantitative estimate of drug-likeness (QED) is 0.0446. The van der Waals surface area contributed by atoms with Crippen molar-refractivity contribution < 1.29 is 36.7 Å². The van der Waals surface area contributed by atoms with Crippen LogP contribution in [0.4, 0.5) is 0 Å². The van der Waals surface area contributed by atoms with Crippen molar-refractivity contribution in [3.63, 3.8) is 0 Å². The predicted molar refractivity (Wildman–Crippen MR) is 223 cm³/mol. The van der Waals surface area contributed by atoms with Crippen LogP contribution in [0.5, 0.6) is 11.5 Å². The van der Waals surface area contributed by atoms with E-state index in [0.29, 0.717) is 34.8 Å². The minimum absolute atomic E-state index is 0.00909. The fourth-order valence-corrected chi connectivity index (χ4v) is 8.55. The summed E-state index contributed by atoms with van der Waals surface area (Å²) in [5.74, 6) is 6.86. The van der Waals surface area contributed by atoms with E-state index in [1.165, 1.54) is 43.9 Å². The molecular formula is C46H56O8S2. The van der Waals surface area contributed by atoms with E-state index < -0.39 is 16.2 Å². The molecule has 0 bridgehead atoms. The highest BCUT2D eigenvalue weighted by Crippen LogP contribution is 2.38. The molecule has 1 N–H and O–H groups in total. The molecule has 0 aliphatic carbocycles. The van der Waals surface area contributed by atoms with Crippen LogP contribution in [0, 0.1) is 11.8 Å². The Kier molecular flexibility index (Phi) is 18.6. The molecule has 2 unspecified atom stereocenters. The summed E-state index contributed by atoms with van der Waals surface area (Å²) in [6, 6.07) is 28.6. The zero-order valence-corrected chi connectivity index (χ0v) is 34.2. The van der Waals surface area contributed by atoms with Crippen LogP contribution >= 0.6 is 11.8 Å². The van der Waals surface area contributed by atoms with Crippen LogP contribution < -0.4 is 8.92 Å².